The van der Waals surface area contributed by atoms with Gasteiger partial charge in [-0.3, -0.25) is 0 Å². The number of imidazole rings is 1. The first-order valence-electron chi connectivity index (χ1n) is 5.81. The highest BCUT2D eigenvalue weighted by Crippen LogP contribution is 2.38. The fourth-order valence-corrected chi connectivity index (χ4v) is 2.11. The molecule has 0 radical (unpaired) electrons. The Morgan fingerprint density at radius 2 is 2.12 bits per heavy atom. The maximum atomic E-state index is 6.13. The minimum absolute atomic E-state index is 0.612. The van der Waals surface area contributed by atoms with Crippen LogP contribution < -0.4 is 5.32 Å². The molecule has 1 fully saturated rings. The molecular formula is C13H14ClN3. The van der Waals surface area contributed by atoms with Gasteiger partial charge in [0.1, 0.15) is 0 Å². The monoisotopic (exact) mass is 247 g/mol. The molecule has 4 heteroatoms. The molecule has 1 aromatic carbocycles. The van der Waals surface area contributed by atoms with E-state index in [1.165, 1.54) is 12.8 Å². The summed E-state index contributed by atoms with van der Waals surface area (Å²) in [6, 6.07) is 8.34. The van der Waals surface area contributed by atoms with E-state index in [9.17, 15) is 0 Å². The number of anilines is 2. The molecule has 0 amide bonds. The highest BCUT2D eigenvalue weighted by atomic mass is 35.5. The predicted molar refractivity (Wildman–Crippen MR) is 70.0 cm³/mol. The molecule has 1 aliphatic rings. The van der Waals surface area contributed by atoms with Crippen LogP contribution in [0.25, 0.3) is 0 Å². The molecule has 3 nitrogen and oxygen atoms in total. The zero-order valence-electron chi connectivity index (χ0n) is 9.65. The Kier molecular flexibility index (Phi) is 2.56. The molecule has 88 valence electrons. The van der Waals surface area contributed by atoms with E-state index in [4.69, 9.17) is 11.6 Å². The summed E-state index contributed by atoms with van der Waals surface area (Å²) in [6.45, 7) is 2.01. The molecule has 0 atom stereocenters. The number of benzene rings is 1. The van der Waals surface area contributed by atoms with E-state index in [1.54, 1.807) is 0 Å². The van der Waals surface area contributed by atoms with Crippen molar-refractivity contribution >= 4 is 23.2 Å². The van der Waals surface area contributed by atoms with Crippen molar-refractivity contribution in [2.75, 3.05) is 5.32 Å². The minimum Gasteiger partial charge on any atom is -0.324 e. The van der Waals surface area contributed by atoms with Crippen LogP contribution in [0.1, 0.15) is 24.6 Å². The molecule has 17 heavy (non-hydrogen) atoms. The second-order valence-electron chi connectivity index (χ2n) is 4.45. The van der Waals surface area contributed by atoms with Crippen molar-refractivity contribution in [3.8, 4) is 0 Å². The van der Waals surface area contributed by atoms with Crippen molar-refractivity contribution in [1.29, 1.82) is 0 Å². The van der Waals surface area contributed by atoms with E-state index in [0.717, 1.165) is 22.4 Å². The Balaban J connectivity index is 1.92. The van der Waals surface area contributed by atoms with Gasteiger partial charge in [0, 0.05) is 12.2 Å². The second-order valence-corrected chi connectivity index (χ2v) is 4.86. The van der Waals surface area contributed by atoms with Crippen LogP contribution in [-0.2, 0) is 0 Å². The number of hydrogen-bond donors (Lipinski definition) is 1. The van der Waals surface area contributed by atoms with Crippen LogP contribution in [0.2, 0.25) is 5.02 Å². The molecular weight excluding hydrogens is 234 g/mol. The lowest BCUT2D eigenvalue weighted by atomic mass is 10.3. The maximum Gasteiger partial charge on any atom is 0.207 e. The summed E-state index contributed by atoms with van der Waals surface area (Å²) in [6.07, 6.45) is 4.58. The Morgan fingerprint density at radius 3 is 2.82 bits per heavy atom. The van der Waals surface area contributed by atoms with Crippen molar-refractivity contribution < 1.29 is 0 Å². The Hall–Kier alpha value is -1.48. The van der Waals surface area contributed by atoms with Gasteiger partial charge < -0.3 is 9.88 Å². The quantitative estimate of drug-likeness (QED) is 0.891. The van der Waals surface area contributed by atoms with Crippen LogP contribution in [0.5, 0.6) is 0 Å². The van der Waals surface area contributed by atoms with Gasteiger partial charge in [0.05, 0.1) is 16.4 Å². The maximum absolute atomic E-state index is 6.13. The van der Waals surface area contributed by atoms with Crippen molar-refractivity contribution in [2.45, 2.75) is 25.8 Å². The van der Waals surface area contributed by atoms with Gasteiger partial charge >= 0.3 is 0 Å². The third kappa shape index (κ3) is 2.15. The zero-order valence-corrected chi connectivity index (χ0v) is 10.4. The van der Waals surface area contributed by atoms with Gasteiger partial charge in [-0.15, -0.1) is 0 Å². The van der Waals surface area contributed by atoms with Gasteiger partial charge in [0.2, 0.25) is 5.95 Å². The van der Waals surface area contributed by atoms with Crippen molar-refractivity contribution in [3.63, 3.8) is 0 Å². The number of aryl methyl sites for hydroxylation is 1. The summed E-state index contributed by atoms with van der Waals surface area (Å²) in [5.74, 6) is 0.887. The number of nitrogens with one attached hydrogen (secondary N) is 1. The standard InChI is InChI=1S/C13H14ClN3/c1-9-8-17(10-6-7-10)13(15-9)16-12-5-3-2-4-11(12)14/h2-5,8,10H,6-7H2,1H3,(H,15,16). The molecule has 0 spiro atoms. The molecule has 1 heterocycles. The number of para-hydroxylation sites is 1. The summed E-state index contributed by atoms with van der Waals surface area (Å²) in [4.78, 5) is 4.50. The Labute approximate surface area is 105 Å². The summed E-state index contributed by atoms with van der Waals surface area (Å²) in [5, 5.41) is 4.02. The molecule has 0 aliphatic heterocycles. The normalized spacial score (nSPS) is 14.9. The topological polar surface area (TPSA) is 29.9 Å². The Bertz CT molecular complexity index is 543. The Morgan fingerprint density at radius 1 is 1.35 bits per heavy atom. The fraction of sp³-hybridized carbons (Fsp3) is 0.308. The third-order valence-corrected chi connectivity index (χ3v) is 3.24. The first kappa shape index (κ1) is 10.7. The van der Waals surface area contributed by atoms with E-state index in [1.807, 2.05) is 31.2 Å². The van der Waals surface area contributed by atoms with Crippen molar-refractivity contribution in [3.05, 3.63) is 41.2 Å². The van der Waals surface area contributed by atoms with Gasteiger partial charge in [-0.25, -0.2) is 4.98 Å². The molecule has 2 aromatic rings. The van der Waals surface area contributed by atoms with Gasteiger partial charge in [0.25, 0.3) is 0 Å². The lowest BCUT2D eigenvalue weighted by Crippen LogP contribution is -2.01. The van der Waals surface area contributed by atoms with E-state index < -0.39 is 0 Å². The van der Waals surface area contributed by atoms with Gasteiger partial charge in [-0.2, -0.15) is 0 Å². The molecule has 0 unspecified atom stereocenters. The zero-order chi connectivity index (χ0) is 11.8. The SMILES string of the molecule is Cc1cn(C2CC2)c(Nc2ccccc2Cl)n1. The number of halogens is 1. The number of aromatic nitrogens is 2. The third-order valence-electron chi connectivity index (χ3n) is 2.91. The average Bonchev–Trinajstić information content (AvgIpc) is 3.07. The van der Waals surface area contributed by atoms with Gasteiger partial charge in [-0.1, -0.05) is 23.7 Å². The van der Waals surface area contributed by atoms with Crippen LogP contribution >= 0.6 is 11.6 Å². The predicted octanol–water partition coefficient (Wildman–Crippen LogP) is 3.92. The van der Waals surface area contributed by atoms with E-state index in [-0.39, 0.29) is 0 Å². The second kappa shape index (κ2) is 4.08. The number of nitrogens with zero attached hydrogens (tertiary/aromatic N) is 2. The largest absolute Gasteiger partial charge is 0.324 e. The lowest BCUT2D eigenvalue weighted by molar-refractivity contribution is 0.750. The molecule has 1 aliphatic carbocycles. The first-order valence-corrected chi connectivity index (χ1v) is 6.19. The number of rotatable bonds is 3. The van der Waals surface area contributed by atoms with E-state index in [2.05, 4.69) is 21.1 Å². The molecule has 1 N–H and O–H groups in total. The van der Waals surface area contributed by atoms with Crippen LogP contribution in [0, 0.1) is 6.92 Å². The molecule has 3 rings (SSSR count). The van der Waals surface area contributed by atoms with Crippen LogP contribution in [0.3, 0.4) is 0 Å². The van der Waals surface area contributed by atoms with Gasteiger partial charge in [0.15, 0.2) is 0 Å². The van der Waals surface area contributed by atoms with Crippen LogP contribution in [0.15, 0.2) is 30.5 Å². The number of hydrogen-bond acceptors (Lipinski definition) is 2. The summed E-state index contributed by atoms with van der Waals surface area (Å²) in [7, 11) is 0. The summed E-state index contributed by atoms with van der Waals surface area (Å²) < 4.78 is 2.21. The molecule has 1 aromatic heterocycles. The first-order chi connectivity index (χ1) is 8.24. The highest BCUT2D eigenvalue weighted by molar-refractivity contribution is 6.33. The molecule has 1 saturated carbocycles. The van der Waals surface area contributed by atoms with Crippen LogP contribution in [-0.4, -0.2) is 9.55 Å². The van der Waals surface area contributed by atoms with Crippen molar-refractivity contribution in [1.82, 2.24) is 9.55 Å². The molecule has 0 saturated heterocycles. The van der Waals surface area contributed by atoms with Crippen molar-refractivity contribution in [2.24, 2.45) is 0 Å². The smallest absolute Gasteiger partial charge is 0.207 e. The highest BCUT2D eigenvalue weighted by Gasteiger charge is 2.26. The molecule has 0 bridgehead atoms. The average molecular weight is 248 g/mol. The summed E-state index contributed by atoms with van der Waals surface area (Å²) in [5.41, 5.74) is 1.94. The van der Waals surface area contributed by atoms with Crippen LogP contribution in [0.4, 0.5) is 11.6 Å². The van der Waals surface area contributed by atoms with E-state index >= 15 is 0 Å². The van der Waals surface area contributed by atoms with Gasteiger partial charge in [-0.05, 0) is 31.9 Å². The fourth-order valence-electron chi connectivity index (χ4n) is 1.92. The minimum atomic E-state index is 0.612. The lowest BCUT2D eigenvalue weighted by Gasteiger charge is -2.09. The summed E-state index contributed by atoms with van der Waals surface area (Å²) >= 11 is 6.13. The van der Waals surface area contributed by atoms with E-state index in [0.29, 0.717) is 6.04 Å².